The average Bonchev–Trinajstić information content (AvgIpc) is 3.08. The topological polar surface area (TPSA) is 122 Å². The highest BCUT2D eigenvalue weighted by molar-refractivity contribution is 7.90. The molecular formula is C19H20Cl2N6O4S. The fourth-order valence-corrected chi connectivity index (χ4v) is 4.88. The maximum Gasteiger partial charge on any atom is 0.171 e. The van der Waals surface area contributed by atoms with Crippen LogP contribution >= 0.6 is 23.2 Å². The quantitative estimate of drug-likeness (QED) is 0.431. The second-order valence-electron chi connectivity index (χ2n) is 7.07. The van der Waals surface area contributed by atoms with Crippen LogP contribution in [0.3, 0.4) is 0 Å². The largest absolute Gasteiger partial charge is 0.487 e. The van der Waals surface area contributed by atoms with Crippen molar-refractivity contribution >= 4 is 33.0 Å². The summed E-state index contributed by atoms with van der Waals surface area (Å²) in [6.45, 7) is 2.88. The lowest BCUT2D eigenvalue weighted by Gasteiger charge is -2.19. The van der Waals surface area contributed by atoms with Gasteiger partial charge >= 0.3 is 0 Å². The number of sulfone groups is 1. The Bertz CT molecular complexity index is 1200. The summed E-state index contributed by atoms with van der Waals surface area (Å²) in [4.78, 5) is 12.2. The van der Waals surface area contributed by atoms with Crippen molar-refractivity contribution in [3.63, 3.8) is 0 Å². The zero-order chi connectivity index (χ0) is 22.7. The number of halogens is 2. The van der Waals surface area contributed by atoms with Crippen LogP contribution < -0.4 is 4.74 Å². The van der Waals surface area contributed by atoms with Crippen LogP contribution in [0.4, 0.5) is 0 Å². The molecule has 32 heavy (non-hydrogen) atoms. The van der Waals surface area contributed by atoms with Crippen molar-refractivity contribution < 1.29 is 17.9 Å². The Kier molecular flexibility index (Phi) is 6.89. The van der Waals surface area contributed by atoms with Crippen molar-refractivity contribution in [3.05, 3.63) is 46.5 Å². The molecule has 170 valence electrons. The Balaban J connectivity index is 1.63. The zero-order valence-electron chi connectivity index (χ0n) is 17.1. The van der Waals surface area contributed by atoms with Crippen LogP contribution in [0.1, 0.15) is 24.6 Å². The number of aryl methyl sites for hydroxylation is 1. The molecule has 0 N–H and O–H groups in total. The van der Waals surface area contributed by atoms with Crippen molar-refractivity contribution in [1.29, 1.82) is 0 Å². The van der Waals surface area contributed by atoms with Gasteiger partial charge in [-0.05, 0) is 13.0 Å². The molecular weight excluding hydrogens is 479 g/mol. The lowest BCUT2D eigenvalue weighted by molar-refractivity contribution is 0.0921. The van der Waals surface area contributed by atoms with Gasteiger partial charge in [-0.1, -0.05) is 23.2 Å². The van der Waals surface area contributed by atoms with Gasteiger partial charge in [0.15, 0.2) is 26.6 Å². The van der Waals surface area contributed by atoms with Crippen molar-refractivity contribution in [2.75, 3.05) is 25.6 Å². The second kappa shape index (κ2) is 9.65. The van der Waals surface area contributed by atoms with Crippen LogP contribution in [0.5, 0.6) is 5.75 Å². The van der Waals surface area contributed by atoms with E-state index in [1.54, 1.807) is 10.6 Å². The molecule has 0 fully saturated rings. The number of ether oxygens (including phenoxy) is 2. The lowest BCUT2D eigenvalue weighted by Crippen LogP contribution is -2.25. The van der Waals surface area contributed by atoms with E-state index in [2.05, 4.69) is 25.1 Å². The van der Waals surface area contributed by atoms with Crippen molar-refractivity contribution in [2.24, 2.45) is 0 Å². The summed E-state index contributed by atoms with van der Waals surface area (Å²) in [6, 6.07) is 1.37. The van der Waals surface area contributed by atoms with E-state index in [1.165, 1.54) is 18.6 Å². The highest BCUT2D eigenvalue weighted by Gasteiger charge is 2.31. The Morgan fingerprint density at radius 1 is 1.22 bits per heavy atom. The molecule has 4 rings (SSSR count). The Labute approximate surface area is 194 Å². The minimum absolute atomic E-state index is 0.143. The van der Waals surface area contributed by atoms with E-state index in [0.717, 1.165) is 0 Å². The molecule has 1 atom stereocenters. The summed E-state index contributed by atoms with van der Waals surface area (Å²) in [6.07, 6.45) is 4.57. The first kappa shape index (κ1) is 22.8. The molecule has 0 bridgehead atoms. The molecule has 0 amide bonds. The van der Waals surface area contributed by atoms with E-state index < -0.39 is 9.84 Å². The SMILES string of the molecule is CCOC[C@@H]1COc2c(ccnc2Cl)-c2nnc(CS(=O)(=O)CCc3ncc(Cl)cn3)n21. The number of pyridine rings is 1. The predicted octanol–water partition coefficient (Wildman–Crippen LogP) is 2.56. The highest BCUT2D eigenvalue weighted by atomic mass is 35.5. The van der Waals surface area contributed by atoms with Gasteiger partial charge in [0.05, 0.1) is 29.0 Å². The van der Waals surface area contributed by atoms with E-state index in [4.69, 9.17) is 32.7 Å². The van der Waals surface area contributed by atoms with Gasteiger partial charge in [0.2, 0.25) is 0 Å². The minimum atomic E-state index is -3.54. The van der Waals surface area contributed by atoms with Crippen LogP contribution in [0, 0.1) is 0 Å². The Morgan fingerprint density at radius 3 is 2.75 bits per heavy atom. The third-order valence-electron chi connectivity index (χ3n) is 4.83. The van der Waals surface area contributed by atoms with Gasteiger partial charge < -0.3 is 14.0 Å². The number of hydrogen-bond acceptors (Lipinski definition) is 9. The van der Waals surface area contributed by atoms with Crippen molar-refractivity contribution in [1.82, 2.24) is 29.7 Å². The smallest absolute Gasteiger partial charge is 0.171 e. The van der Waals surface area contributed by atoms with E-state index >= 15 is 0 Å². The van der Waals surface area contributed by atoms with E-state index in [0.29, 0.717) is 47.0 Å². The monoisotopic (exact) mass is 498 g/mol. The molecule has 10 nitrogen and oxygen atoms in total. The fourth-order valence-electron chi connectivity index (χ4n) is 3.34. The van der Waals surface area contributed by atoms with Gasteiger partial charge in [0.1, 0.15) is 24.0 Å². The number of aromatic nitrogens is 6. The summed E-state index contributed by atoms with van der Waals surface area (Å²) >= 11 is 12.0. The van der Waals surface area contributed by atoms with Gasteiger partial charge in [0, 0.05) is 31.6 Å². The molecule has 1 aliphatic rings. The zero-order valence-corrected chi connectivity index (χ0v) is 19.4. The standard InChI is InChI=1S/C19H20Cl2N6O4S/c1-2-30-9-13-10-31-17-14(3-5-22-18(17)21)19-26-25-16(27(13)19)11-32(28,29)6-4-15-23-7-12(20)8-24-15/h3,5,7-8,13H,2,4,6,9-11H2,1H3/t13-/m1/s1. The van der Waals surface area contributed by atoms with E-state index in [9.17, 15) is 8.42 Å². The first-order valence-corrected chi connectivity index (χ1v) is 12.4. The average molecular weight is 499 g/mol. The molecule has 0 radical (unpaired) electrons. The number of rotatable bonds is 8. The highest BCUT2D eigenvalue weighted by Crippen LogP contribution is 2.38. The van der Waals surface area contributed by atoms with Crippen molar-refractivity contribution in [3.8, 4) is 17.1 Å². The first-order valence-electron chi connectivity index (χ1n) is 9.84. The van der Waals surface area contributed by atoms with Gasteiger partial charge in [-0.2, -0.15) is 0 Å². The summed E-state index contributed by atoms with van der Waals surface area (Å²) < 4.78 is 39.0. The summed E-state index contributed by atoms with van der Waals surface area (Å²) in [5.41, 5.74) is 0.592. The van der Waals surface area contributed by atoms with Crippen molar-refractivity contribution in [2.45, 2.75) is 25.1 Å². The lowest BCUT2D eigenvalue weighted by atomic mass is 10.2. The van der Waals surface area contributed by atoms with Crippen LogP contribution in [0.15, 0.2) is 24.7 Å². The number of hydrogen-bond donors (Lipinski definition) is 0. The van der Waals surface area contributed by atoms with Gasteiger partial charge in [0.25, 0.3) is 0 Å². The molecule has 0 unspecified atom stereocenters. The normalized spacial score (nSPS) is 15.5. The minimum Gasteiger partial charge on any atom is -0.487 e. The molecule has 4 heterocycles. The maximum absolute atomic E-state index is 12.9. The summed E-state index contributed by atoms with van der Waals surface area (Å²) in [7, 11) is -3.54. The third kappa shape index (κ3) is 5.01. The molecule has 0 saturated heterocycles. The third-order valence-corrected chi connectivity index (χ3v) is 6.82. The molecule has 0 spiro atoms. The molecule has 0 saturated carbocycles. The van der Waals surface area contributed by atoms with Crippen LogP contribution in [-0.2, 0) is 26.7 Å². The summed E-state index contributed by atoms with van der Waals surface area (Å²) in [5, 5.41) is 9.04. The predicted molar refractivity (Wildman–Crippen MR) is 118 cm³/mol. The first-order chi connectivity index (χ1) is 15.4. The van der Waals surface area contributed by atoms with Crippen LogP contribution in [-0.4, -0.2) is 63.7 Å². The molecule has 3 aromatic heterocycles. The Hall–Kier alpha value is -2.34. The molecule has 1 aliphatic heterocycles. The van der Waals surface area contributed by atoms with Crippen LogP contribution in [0.2, 0.25) is 10.2 Å². The summed E-state index contributed by atoms with van der Waals surface area (Å²) in [5.74, 6) is 1.09. The Morgan fingerprint density at radius 2 is 2.00 bits per heavy atom. The van der Waals surface area contributed by atoms with Gasteiger partial charge in [-0.25, -0.2) is 23.4 Å². The fraction of sp³-hybridized carbons (Fsp3) is 0.421. The molecule has 3 aromatic rings. The second-order valence-corrected chi connectivity index (χ2v) is 10.1. The van der Waals surface area contributed by atoms with E-state index in [-0.39, 0.29) is 35.7 Å². The number of nitrogens with zero attached hydrogens (tertiary/aromatic N) is 6. The molecule has 13 heteroatoms. The molecule has 0 aliphatic carbocycles. The van der Waals surface area contributed by atoms with Gasteiger partial charge in [-0.3, -0.25) is 0 Å². The number of fused-ring (bicyclic) bond motifs is 3. The van der Waals surface area contributed by atoms with Crippen LogP contribution in [0.25, 0.3) is 11.4 Å². The maximum atomic E-state index is 12.9. The van der Waals surface area contributed by atoms with E-state index in [1.807, 2.05) is 6.92 Å². The van der Waals surface area contributed by atoms with Gasteiger partial charge in [-0.15, -0.1) is 10.2 Å². The molecule has 0 aromatic carbocycles.